The van der Waals surface area contributed by atoms with Gasteiger partial charge in [0.15, 0.2) is 0 Å². The van der Waals surface area contributed by atoms with Crippen LogP contribution in [0, 0.1) is 0 Å². The minimum atomic E-state index is -0.254. The van der Waals surface area contributed by atoms with Gasteiger partial charge in [-0.05, 0) is 48.4 Å². The molecule has 1 aliphatic heterocycles. The van der Waals surface area contributed by atoms with Gasteiger partial charge in [0.05, 0.1) is 26.0 Å². The largest absolute Gasteiger partial charge is 0.497 e. The van der Waals surface area contributed by atoms with E-state index in [0.29, 0.717) is 18.8 Å². The van der Waals surface area contributed by atoms with E-state index in [4.69, 9.17) is 14.2 Å². The third-order valence-electron chi connectivity index (χ3n) is 5.38. The number of H-pyrrole nitrogens is 1. The fourth-order valence-corrected chi connectivity index (χ4v) is 3.93. The molecule has 1 N–H and O–H groups in total. The summed E-state index contributed by atoms with van der Waals surface area (Å²) in [5, 5.41) is 7.47. The molecule has 2 heterocycles. The van der Waals surface area contributed by atoms with Crippen molar-refractivity contribution in [1.82, 2.24) is 15.1 Å². The summed E-state index contributed by atoms with van der Waals surface area (Å²) in [5.41, 5.74) is 4.09. The number of aromatic nitrogens is 2. The van der Waals surface area contributed by atoms with Gasteiger partial charge in [-0.2, -0.15) is 5.10 Å². The number of rotatable bonds is 8. The molecule has 7 nitrogen and oxygen atoms in total. The molecular formula is C23H25N3O4. The summed E-state index contributed by atoms with van der Waals surface area (Å²) >= 11 is 0. The fourth-order valence-electron chi connectivity index (χ4n) is 3.93. The maximum absolute atomic E-state index is 13.2. The summed E-state index contributed by atoms with van der Waals surface area (Å²) in [7, 11) is 4.94. The van der Waals surface area contributed by atoms with Crippen LogP contribution in [-0.2, 0) is 4.74 Å². The number of carbonyl (C=O) groups is 1. The monoisotopic (exact) mass is 407 g/mol. The molecule has 3 aromatic rings. The molecule has 1 unspecified atom stereocenters. The second-order valence-electron chi connectivity index (χ2n) is 7.11. The topological polar surface area (TPSA) is 76.7 Å². The van der Waals surface area contributed by atoms with E-state index < -0.39 is 0 Å². The molecule has 2 aromatic carbocycles. The molecule has 1 aromatic heterocycles. The van der Waals surface area contributed by atoms with E-state index in [1.807, 2.05) is 53.4 Å². The molecule has 1 aliphatic rings. The number of methoxy groups -OCH3 is 3. The molecular weight excluding hydrogens is 382 g/mol. The Balaban J connectivity index is 1.80. The summed E-state index contributed by atoms with van der Waals surface area (Å²) in [6.45, 7) is 1.17. The smallest absolute Gasteiger partial charge is 0.273 e. The van der Waals surface area contributed by atoms with Gasteiger partial charge in [-0.1, -0.05) is 12.1 Å². The summed E-state index contributed by atoms with van der Waals surface area (Å²) in [4.78, 5) is 15.1. The number of nitrogens with one attached hydrogen (secondary N) is 1. The van der Waals surface area contributed by atoms with E-state index in [2.05, 4.69) is 10.2 Å². The van der Waals surface area contributed by atoms with Crippen LogP contribution in [-0.4, -0.2) is 55.5 Å². The Hall–Kier alpha value is -3.32. The van der Waals surface area contributed by atoms with Crippen molar-refractivity contribution >= 4 is 5.91 Å². The molecule has 0 saturated heterocycles. The lowest BCUT2D eigenvalue weighted by atomic mass is 9.96. The number of amides is 1. The normalized spacial score (nSPS) is 15.4. The van der Waals surface area contributed by atoms with Gasteiger partial charge in [0, 0.05) is 31.4 Å². The predicted octanol–water partition coefficient (Wildman–Crippen LogP) is 3.68. The molecule has 0 radical (unpaired) electrons. The SMILES string of the molecule is COCCCN1C(=O)c2[nH]nc(-c3ccc(OC)cc3)c2C1c1cccc(OC)c1. The van der Waals surface area contributed by atoms with Crippen LogP contribution in [0.2, 0.25) is 0 Å². The van der Waals surface area contributed by atoms with Crippen LogP contribution < -0.4 is 9.47 Å². The lowest BCUT2D eigenvalue weighted by Gasteiger charge is -2.26. The van der Waals surface area contributed by atoms with Crippen molar-refractivity contribution in [1.29, 1.82) is 0 Å². The minimum absolute atomic E-state index is 0.0545. The maximum atomic E-state index is 13.2. The number of hydrogen-bond donors (Lipinski definition) is 1. The highest BCUT2D eigenvalue weighted by molar-refractivity contribution is 6.00. The quantitative estimate of drug-likeness (QED) is 0.577. The van der Waals surface area contributed by atoms with Gasteiger partial charge in [-0.3, -0.25) is 9.89 Å². The number of aromatic amines is 1. The molecule has 7 heteroatoms. The molecule has 0 saturated carbocycles. The van der Waals surface area contributed by atoms with E-state index in [0.717, 1.165) is 40.3 Å². The molecule has 0 bridgehead atoms. The standard InChI is InChI=1S/C23H25N3O4/c1-28-13-5-12-26-22(16-6-4-7-18(14-16)30-3)19-20(24-25-21(19)23(26)27)15-8-10-17(29-2)11-9-15/h4,6-11,14,22H,5,12-13H2,1-3H3,(H,24,25). The number of carbonyl (C=O) groups excluding carboxylic acids is 1. The summed E-state index contributed by atoms with van der Waals surface area (Å²) in [6.07, 6.45) is 0.748. The molecule has 1 amide bonds. The molecule has 0 aliphatic carbocycles. The molecule has 1 atom stereocenters. The molecule has 0 fully saturated rings. The molecule has 4 rings (SSSR count). The highest BCUT2D eigenvalue weighted by Crippen LogP contribution is 2.43. The van der Waals surface area contributed by atoms with Crippen LogP contribution in [0.25, 0.3) is 11.3 Å². The molecule has 30 heavy (non-hydrogen) atoms. The number of hydrogen-bond acceptors (Lipinski definition) is 5. The average Bonchev–Trinajstić information content (AvgIpc) is 3.33. The minimum Gasteiger partial charge on any atom is -0.497 e. The first-order chi connectivity index (χ1) is 14.7. The molecule has 156 valence electrons. The Labute approximate surface area is 175 Å². The number of nitrogens with zero attached hydrogens (tertiary/aromatic N) is 2. The highest BCUT2D eigenvalue weighted by Gasteiger charge is 2.41. The lowest BCUT2D eigenvalue weighted by Crippen LogP contribution is -2.31. The van der Waals surface area contributed by atoms with E-state index in [9.17, 15) is 4.79 Å². The van der Waals surface area contributed by atoms with Gasteiger partial charge in [-0.15, -0.1) is 0 Å². The number of benzene rings is 2. The van der Waals surface area contributed by atoms with Crippen molar-refractivity contribution in [2.24, 2.45) is 0 Å². The van der Waals surface area contributed by atoms with Crippen molar-refractivity contribution in [2.45, 2.75) is 12.5 Å². The highest BCUT2D eigenvalue weighted by atomic mass is 16.5. The van der Waals surface area contributed by atoms with E-state index in [1.165, 1.54) is 0 Å². The van der Waals surface area contributed by atoms with Crippen LogP contribution in [0.5, 0.6) is 11.5 Å². The van der Waals surface area contributed by atoms with E-state index in [1.54, 1.807) is 21.3 Å². The van der Waals surface area contributed by atoms with Gasteiger partial charge in [0.2, 0.25) is 0 Å². The predicted molar refractivity (Wildman–Crippen MR) is 113 cm³/mol. The van der Waals surface area contributed by atoms with Crippen molar-refractivity contribution in [3.63, 3.8) is 0 Å². The first kappa shape index (κ1) is 20.0. The lowest BCUT2D eigenvalue weighted by molar-refractivity contribution is 0.0723. The third kappa shape index (κ3) is 3.52. The summed E-state index contributed by atoms with van der Waals surface area (Å²) in [6, 6.07) is 15.3. The van der Waals surface area contributed by atoms with Gasteiger partial charge >= 0.3 is 0 Å². The van der Waals surface area contributed by atoms with Crippen LogP contribution in [0.3, 0.4) is 0 Å². The number of fused-ring (bicyclic) bond motifs is 1. The van der Waals surface area contributed by atoms with E-state index in [-0.39, 0.29) is 11.9 Å². The fraction of sp³-hybridized carbons (Fsp3) is 0.304. The zero-order valence-electron chi connectivity index (χ0n) is 17.3. The van der Waals surface area contributed by atoms with Gasteiger partial charge in [0.1, 0.15) is 17.2 Å². The summed E-state index contributed by atoms with van der Waals surface area (Å²) in [5.74, 6) is 1.47. The number of ether oxygens (including phenoxy) is 3. The van der Waals surface area contributed by atoms with Crippen molar-refractivity contribution in [3.05, 3.63) is 65.4 Å². The zero-order valence-corrected chi connectivity index (χ0v) is 17.3. The van der Waals surface area contributed by atoms with Gasteiger partial charge in [0.25, 0.3) is 5.91 Å². The van der Waals surface area contributed by atoms with Crippen molar-refractivity contribution < 1.29 is 19.0 Å². The van der Waals surface area contributed by atoms with Crippen LogP contribution in [0.15, 0.2) is 48.5 Å². The zero-order chi connectivity index (χ0) is 21.1. The van der Waals surface area contributed by atoms with Gasteiger partial charge < -0.3 is 19.1 Å². The second-order valence-corrected chi connectivity index (χ2v) is 7.11. The Kier molecular flexibility index (Phi) is 5.72. The van der Waals surface area contributed by atoms with Crippen LogP contribution in [0.1, 0.15) is 34.1 Å². The summed E-state index contributed by atoms with van der Waals surface area (Å²) < 4.78 is 15.9. The Bertz CT molecular complexity index is 1030. The third-order valence-corrected chi connectivity index (χ3v) is 5.38. The van der Waals surface area contributed by atoms with Crippen molar-refractivity contribution in [2.75, 3.05) is 34.5 Å². The first-order valence-corrected chi connectivity index (χ1v) is 9.84. The second kappa shape index (κ2) is 8.59. The maximum Gasteiger partial charge on any atom is 0.273 e. The van der Waals surface area contributed by atoms with Crippen molar-refractivity contribution in [3.8, 4) is 22.8 Å². The molecule has 0 spiro atoms. The Morgan fingerprint density at radius 2 is 1.80 bits per heavy atom. The first-order valence-electron chi connectivity index (χ1n) is 9.84. The van der Waals surface area contributed by atoms with Gasteiger partial charge in [-0.25, -0.2) is 0 Å². The Morgan fingerprint density at radius 1 is 1.03 bits per heavy atom. The van der Waals surface area contributed by atoms with Crippen LogP contribution >= 0.6 is 0 Å². The van der Waals surface area contributed by atoms with Crippen LogP contribution in [0.4, 0.5) is 0 Å². The van der Waals surface area contributed by atoms with E-state index >= 15 is 0 Å². The average molecular weight is 407 g/mol. The Morgan fingerprint density at radius 3 is 2.50 bits per heavy atom.